The van der Waals surface area contributed by atoms with E-state index in [0.29, 0.717) is 53.4 Å². The minimum Gasteiger partial charge on any atom is -0.450 e. The van der Waals surface area contributed by atoms with E-state index in [1.54, 1.807) is 60.4 Å². The van der Waals surface area contributed by atoms with Gasteiger partial charge in [0.15, 0.2) is 5.78 Å². The Labute approximate surface area is 195 Å². The van der Waals surface area contributed by atoms with Crippen LogP contribution in [0.3, 0.4) is 0 Å². The molecule has 166 valence electrons. The van der Waals surface area contributed by atoms with Gasteiger partial charge in [-0.15, -0.1) is 11.3 Å². The van der Waals surface area contributed by atoms with Gasteiger partial charge in [0, 0.05) is 28.1 Å². The van der Waals surface area contributed by atoms with Crippen molar-refractivity contribution in [2.75, 3.05) is 18.5 Å². The van der Waals surface area contributed by atoms with Crippen molar-refractivity contribution in [2.45, 2.75) is 19.9 Å². The molecule has 0 saturated heterocycles. The van der Waals surface area contributed by atoms with Gasteiger partial charge in [-0.1, -0.05) is 42.5 Å². The predicted molar refractivity (Wildman–Crippen MR) is 124 cm³/mol. The fraction of sp³-hybridized carbons (Fsp3) is 0.200. The third kappa shape index (κ3) is 4.64. The summed E-state index contributed by atoms with van der Waals surface area (Å²) in [4.78, 5) is 39.9. The number of amides is 2. The number of carbonyl (C=O) groups is 3. The smallest absolute Gasteiger partial charge is 0.410 e. The van der Waals surface area contributed by atoms with Crippen LogP contribution in [0, 0.1) is 11.3 Å². The lowest BCUT2D eigenvalue weighted by Gasteiger charge is -2.25. The molecule has 3 aromatic rings. The summed E-state index contributed by atoms with van der Waals surface area (Å²) in [6.07, 6.45) is 0.144. The summed E-state index contributed by atoms with van der Waals surface area (Å²) in [7, 11) is 0. The standard InChI is InChI=1S/C25H21N3O4S/c1-2-32-25(31)28-13-12-19-20(14-26)24(33-21(19)15-28)27-23(30)18-10-8-17(9-11-18)22(29)16-6-4-3-5-7-16/h3-11H,2,12-13,15H2,1H3,(H,27,30). The summed E-state index contributed by atoms with van der Waals surface area (Å²) in [5, 5.41) is 13.0. The SMILES string of the molecule is CCOC(=O)N1CCc2c(sc(NC(=O)c3ccc(C(=O)c4ccccc4)cc3)c2C#N)C1. The van der Waals surface area contributed by atoms with E-state index in [2.05, 4.69) is 11.4 Å². The molecular formula is C25H21N3O4S. The number of nitrogens with one attached hydrogen (secondary N) is 1. The molecule has 0 spiro atoms. The zero-order valence-corrected chi connectivity index (χ0v) is 18.8. The molecule has 4 rings (SSSR count). The van der Waals surface area contributed by atoms with Crippen molar-refractivity contribution in [3.63, 3.8) is 0 Å². The number of nitrogens with zero attached hydrogens (tertiary/aromatic N) is 2. The maximum atomic E-state index is 12.8. The average molecular weight is 460 g/mol. The lowest BCUT2D eigenvalue weighted by Crippen LogP contribution is -2.35. The molecule has 0 unspecified atom stereocenters. The third-order valence-corrected chi connectivity index (χ3v) is 6.50. The Bertz CT molecular complexity index is 1240. The predicted octanol–water partition coefficient (Wildman–Crippen LogP) is 4.62. The molecule has 1 N–H and O–H groups in total. The van der Waals surface area contributed by atoms with Crippen LogP contribution in [-0.2, 0) is 17.7 Å². The summed E-state index contributed by atoms with van der Waals surface area (Å²) in [6, 6.07) is 17.5. The first-order valence-electron chi connectivity index (χ1n) is 10.5. The number of ketones is 1. The molecule has 1 aliphatic rings. The van der Waals surface area contributed by atoms with Crippen molar-refractivity contribution < 1.29 is 19.1 Å². The quantitative estimate of drug-likeness (QED) is 0.562. The lowest BCUT2D eigenvalue weighted by molar-refractivity contribution is 0.102. The van der Waals surface area contributed by atoms with Crippen molar-refractivity contribution in [1.29, 1.82) is 5.26 Å². The first-order valence-corrected chi connectivity index (χ1v) is 11.3. The summed E-state index contributed by atoms with van der Waals surface area (Å²) < 4.78 is 5.07. The number of hydrogen-bond donors (Lipinski definition) is 1. The van der Waals surface area contributed by atoms with E-state index in [9.17, 15) is 19.6 Å². The fourth-order valence-electron chi connectivity index (χ4n) is 3.68. The van der Waals surface area contributed by atoms with E-state index in [1.165, 1.54) is 11.3 Å². The number of benzene rings is 2. The molecule has 7 nitrogen and oxygen atoms in total. The topological polar surface area (TPSA) is 99.5 Å². The number of carbonyl (C=O) groups excluding carboxylic acids is 3. The van der Waals surface area contributed by atoms with E-state index in [1.807, 2.05) is 6.07 Å². The Balaban J connectivity index is 1.49. The van der Waals surface area contributed by atoms with Crippen molar-refractivity contribution in [2.24, 2.45) is 0 Å². The number of fused-ring (bicyclic) bond motifs is 1. The van der Waals surface area contributed by atoms with Crippen LogP contribution in [0.5, 0.6) is 0 Å². The molecule has 0 saturated carbocycles. The number of rotatable bonds is 5. The van der Waals surface area contributed by atoms with Gasteiger partial charge in [0.05, 0.1) is 18.7 Å². The first kappa shape index (κ1) is 22.2. The lowest BCUT2D eigenvalue weighted by atomic mass is 10.0. The van der Waals surface area contributed by atoms with Crippen molar-refractivity contribution in [1.82, 2.24) is 4.90 Å². The number of thiophene rings is 1. The van der Waals surface area contributed by atoms with Crippen LogP contribution in [-0.4, -0.2) is 35.8 Å². The van der Waals surface area contributed by atoms with Crippen LogP contribution < -0.4 is 5.32 Å². The maximum absolute atomic E-state index is 12.8. The van der Waals surface area contributed by atoms with E-state index in [4.69, 9.17) is 4.74 Å². The van der Waals surface area contributed by atoms with E-state index >= 15 is 0 Å². The Hall–Kier alpha value is -3.96. The van der Waals surface area contributed by atoms with Crippen molar-refractivity contribution >= 4 is 34.1 Å². The molecule has 0 aliphatic carbocycles. The monoisotopic (exact) mass is 459 g/mol. The zero-order chi connectivity index (χ0) is 23.4. The molecule has 2 amide bonds. The van der Waals surface area contributed by atoms with E-state index in [-0.39, 0.29) is 17.8 Å². The number of hydrogen-bond acceptors (Lipinski definition) is 6. The van der Waals surface area contributed by atoms with Crippen molar-refractivity contribution in [3.8, 4) is 6.07 Å². The minimum atomic E-state index is -0.384. The highest BCUT2D eigenvalue weighted by Crippen LogP contribution is 2.37. The van der Waals surface area contributed by atoms with Gasteiger partial charge in [-0.05, 0) is 31.0 Å². The van der Waals surface area contributed by atoms with Crippen LogP contribution >= 0.6 is 11.3 Å². The molecular weight excluding hydrogens is 438 g/mol. The Morgan fingerprint density at radius 2 is 1.73 bits per heavy atom. The minimum absolute atomic E-state index is 0.119. The van der Waals surface area contributed by atoms with Gasteiger partial charge in [-0.3, -0.25) is 9.59 Å². The average Bonchev–Trinajstić information content (AvgIpc) is 3.20. The van der Waals surface area contributed by atoms with Crippen LogP contribution in [0.4, 0.5) is 9.80 Å². The van der Waals surface area contributed by atoms with Crippen LogP contribution in [0.15, 0.2) is 54.6 Å². The summed E-state index contributed by atoms with van der Waals surface area (Å²) in [6.45, 7) is 2.86. The molecule has 0 fully saturated rings. The summed E-state index contributed by atoms with van der Waals surface area (Å²) in [5.41, 5.74) is 2.74. The second kappa shape index (κ2) is 9.67. The maximum Gasteiger partial charge on any atom is 0.410 e. The van der Waals surface area contributed by atoms with Crippen LogP contribution in [0.25, 0.3) is 0 Å². The van der Waals surface area contributed by atoms with Gasteiger partial charge < -0.3 is 15.0 Å². The highest BCUT2D eigenvalue weighted by molar-refractivity contribution is 7.16. The Kier molecular flexibility index (Phi) is 6.52. The van der Waals surface area contributed by atoms with Gasteiger partial charge >= 0.3 is 6.09 Å². The van der Waals surface area contributed by atoms with Gasteiger partial charge in [0.25, 0.3) is 5.91 Å². The Morgan fingerprint density at radius 1 is 1.06 bits per heavy atom. The Morgan fingerprint density at radius 3 is 2.39 bits per heavy atom. The van der Waals surface area contributed by atoms with Gasteiger partial charge in [-0.25, -0.2) is 4.79 Å². The molecule has 2 aromatic carbocycles. The molecule has 33 heavy (non-hydrogen) atoms. The van der Waals surface area contributed by atoms with Gasteiger partial charge in [0.1, 0.15) is 11.1 Å². The summed E-state index contributed by atoms with van der Waals surface area (Å²) in [5.74, 6) is -0.488. The van der Waals surface area contributed by atoms with E-state index < -0.39 is 0 Å². The van der Waals surface area contributed by atoms with Crippen molar-refractivity contribution in [3.05, 3.63) is 87.3 Å². The second-order valence-electron chi connectivity index (χ2n) is 7.42. The molecule has 8 heteroatoms. The normalized spacial score (nSPS) is 12.4. The highest BCUT2D eigenvalue weighted by atomic mass is 32.1. The molecule has 0 radical (unpaired) electrons. The summed E-state index contributed by atoms with van der Waals surface area (Å²) >= 11 is 1.30. The molecule has 2 heterocycles. The van der Waals surface area contributed by atoms with Gasteiger partial charge in [-0.2, -0.15) is 5.26 Å². The molecule has 1 aliphatic heterocycles. The fourth-order valence-corrected chi connectivity index (χ4v) is 4.89. The van der Waals surface area contributed by atoms with Gasteiger partial charge in [0.2, 0.25) is 0 Å². The number of anilines is 1. The first-order chi connectivity index (χ1) is 16.0. The highest BCUT2D eigenvalue weighted by Gasteiger charge is 2.28. The number of ether oxygens (including phenoxy) is 1. The van der Waals surface area contributed by atoms with E-state index in [0.717, 1.165) is 10.4 Å². The molecule has 0 bridgehead atoms. The second-order valence-corrected chi connectivity index (χ2v) is 8.52. The van der Waals surface area contributed by atoms with Crippen LogP contribution in [0.2, 0.25) is 0 Å². The molecule has 1 aromatic heterocycles. The zero-order valence-electron chi connectivity index (χ0n) is 18.0. The third-order valence-electron chi connectivity index (χ3n) is 5.37. The largest absolute Gasteiger partial charge is 0.450 e. The van der Waals surface area contributed by atoms with Crippen LogP contribution in [0.1, 0.15) is 49.2 Å². The number of nitriles is 1. The molecule has 0 atom stereocenters.